The van der Waals surface area contributed by atoms with Crippen molar-refractivity contribution in [2.24, 2.45) is 0 Å². The van der Waals surface area contributed by atoms with Gasteiger partial charge in [-0.15, -0.1) is 11.8 Å². The van der Waals surface area contributed by atoms with Gasteiger partial charge < -0.3 is 4.57 Å². The first-order valence-electron chi connectivity index (χ1n) is 10.7. The summed E-state index contributed by atoms with van der Waals surface area (Å²) < 4.78 is 3.16. The van der Waals surface area contributed by atoms with Crippen LogP contribution in [0.25, 0.3) is 10.2 Å². The first kappa shape index (κ1) is 22.8. The summed E-state index contributed by atoms with van der Waals surface area (Å²) in [5, 5.41) is 1.50. The van der Waals surface area contributed by atoms with Crippen LogP contribution < -0.4 is 4.90 Å². The van der Waals surface area contributed by atoms with Gasteiger partial charge in [0.05, 0.1) is 16.5 Å². The molecule has 2 aromatic carbocycles. The second kappa shape index (κ2) is 11.0. The maximum atomic E-state index is 13.2. The third-order valence-corrected chi connectivity index (χ3v) is 7.44. The van der Waals surface area contributed by atoms with E-state index in [-0.39, 0.29) is 5.91 Å². The van der Waals surface area contributed by atoms with Crippen molar-refractivity contribution in [3.63, 3.8) is 0 Å². The summed E-state index contributed by atoms with van der Waals surface area (Å²) in [6.45, 7) is 3.59. The highest BCUT2D eigenvalue weighted by Crippen LogP contribution is 2.31. The van der Waals surface area contributed by atoms with E-state index in [0.29, 0.717) is 18.7 Å². The molecule has 4 aromatic rings. The second-order valence-electron chi connectivity index (χ2n) is 7.40. The molecule has 0 N–H and O–H groups in total. The Morgan fingerprint density at radius 1 is 1.22 bits per heavy atom. The van der Waals surface area contributed by atoms with Crippen molar-refractivity contribution in [1.82, 2.24) is 14.5 Å². The Morgan fingerprint density at radius 3 is 2.81 bits per heavy atom. The predicted molar refractivity (Wildman–Crippen MR) is 135 cm³/mol. The largest absolute Gasteiger partial charge is 0.337 e. The van der Waals surface area contributed by atoms with Gasteiger partial charge >= 0.3 is 0 Å². The van der Waals surface area contributed by atoms with Crippen LogP contribution in [0.3, 0.4) is 0 Å². The number of halogens is 1. The molecule has 0 fully saturated rings. The molecule has 0 saturated heterocycles. The molecule has 32 heavy (non-hydrogen) atoms. The molecular formula is C24H25ClN4OS2. The number of benzene rings is 2. The molecule has 2 aromatic heterocycles. The van der Waals surface area contributed by atoms with Gasteiger partial charge in [0, 0.05) is 47.6 Å². The number of thioether (sulfide) groups is 1. The van der Waals surface area contributed by atoms with Crippen molar-refractivity contribution in [2.45, 2.75) is 37.6 Å². The van der Waals surface area contributed by atoms with Gasteiger partial charge in [-0.05, 0) is 54.8 Å². The molecule has 0 radical (unpaired) electrons. The molecule has 0 aliphatic carbocycles. The number of carbonyl (C=O) groups is 1. The minimum atomic E-state index is 0.104. The number of amides is 1. The number of fused-ring (bicyclic) bond motifs is 1. The number of aromatic nitrogens is 3. The Hall–Kier alpha value is -2.35. The lowest BCUT2D eigenvalue weighted by atomic mass is 10.2. The number of aryl methyl sites for hydroxylation is 2. The van der Waals surface area contributed by atoms with Crippen LogP contribution >= 0.6 is 34.7 Å². The lowest BCUT2D eigenvalue weighted by Crippen LogP contribution is -2.32. The van der Waals surface area contributed by atoms with Gasteiger partial charge in [0.15, 0.2) is 5.13 Å². The van der Waals surface area contributed by atoms with Gasteiger partial charge in [-0.2, -0.15) is 0 Å². The topological polar surface area (TPSA) is 51.0 Å². The highest BCUT2D eigenvalue weighted by Gasteiger charge is 2.19. The zero-order valence-corrected chi connectivity index (χ0v) is 20.3. The number of imidazole rings is 1. The summed E-state index contributed by atoms with van der Waals surface area (Å²) in [7, 11) is 0. The van der Waals surface area contributed by atoms with Crippen molar-refractivity contribution in [1.29, 1.82) is 0 Å². The van der Waals surface area contributed by atoms with Crippen LogP contribution in [-0.2, 0) is 17.8 Å². The molecule has 8 heteroatoms. The number of thiazole rings is 1. The van der Waals surface area contributed by atoms with E-state index in [1.807, 2.05) is 39.9 Å². The van der Waals surface area contributed by atoms with Crippen LogP contribution in [0.1, 0.15) is 25.3 Å². The van der Waals surface area contributed by atoms with Crippen LogP contribution in [0.4, 0.5) is 5.13 Å². The van der Waals surface area contributed by atoms with Crippen molar-refractivity contribution >= 4 is 56.0 Å². The number of hydrogen-bond acceptors (Lipinski definition) is 5. The summed E-state index contributed by atoms with van der Waals surface area (Å²) in [5.41, 5.74) is 2.23. The minimum absolute atomic E-state index is 0.104. The summed E-state index contributed by atoms with van der Waals surface area (Å²) in [5.74, 6) is 0.815. The number of hydrogen-bond donors (Lipinski definition) is 0. The maximum Gasteiger partial charge on any atom is 0.229 e. The van der Waals surface area contributed by atoms with Crippen LogP contribution in [-0.4, -0.2) is 32.7 Å². The van der Waals surface area contributed by atoms with Crippen LogP contribution in [0.5, 0.6) is 0 Å². The SMILES string of the molecule is CCc1ccc2nc(N(CCCn3ccnc3)C(=O)CCSc3ccc(Cl)cc3)sc2c1. The van der Waals surface area contributed by atoms with Crippen molar-refractivity contribution < 1.29 is 4.79 Å². The van der Waals surface area contributed by atoms with Gasteiger partial charge in [0.25, 0.3) is 0 Å². The lowest BCUT2D eigenvalue weighted by molar-refractivity contribution is -0.118. The highest BCUT2D eigenvalue weighted by atomic mass is 35.5. The summed E-state index contributed by atoms with van der Waals surface area (Å²) in [6, 6.07) is 14.1. The van der Waals surface area contributed by atoms with Crippen LogP contribution in [0, 0.1) is 0 Å². The average molecular weight is 485 g/mol. The van der Waals surface area contributed by atoms with E-state index in [1.165, 1.54) is 5.56 Å². The van der Waals surface area contributed by atoms with E-state index in [1.54, 1.807) is 35.6 Å². The molecule has 1 amide bonds. The molecule has 166 valence electrons. The highest BCUT2D eigenvalue weighted by molar-refractivity contribution is 7.99. The maximum absolute atomic E-state index is 13.2. The van der Waals surface area contributed by atoms with Gasteiger partial charge in [-0.1, -0.05) is 35.9 Å². The van der Waals surface area contributed by atoms with Crippen molar-refractivity contribution in [3.05, 3.63) is 71.8 Å². The smallest absolute Gasteiger partial charge is 0.229 e. The fraction of sp³-hybridized carbons (Fsp3) is 0.292. The number of carbonyl (C=O) groups excluding carboxylic acids is 1. The molecule has 0 aliphatic rings. The Balaban J connectivity index is 1.45. The molecule has 0 saturated carbocycles. The standard InChI is InChI=1S/C24H25ClN4OS2/c1-2-18-4-9-21-22(16-18)32-24(27-21)29(13-3-12-28-14-11-26-17-28)23(30)10-15-31-20-7-5-19(25)6-8-20/h4-9,11,14,16-17H,2-3,10,12-13,15H2,1H3. The molecule has 0 atom stereocenters. The normalized spacial score (nSPS) is 11.2. The molecule has 4 rings (SSSR count). The third kappa shape index (κ3) is 5.91. The van der Waals surface area contributed by atoms with E-state index >= 15 is 0 Å². The van der Waals surface area contributed by atoms with Gasteiger partial charge in [-0.25, -0.2) is 9.97 Å². The Kier molecular flexibility index (Phi) is 7.84. The lowest BCUT2D eigenvalue weighted by Gasteiger charge is -2.20. The fourth-order valence-electron chi connectivity index (χ4n) is 3.37. The van der Waals surface area contributed by atoms with E-state index in [2.05, 4.69) is 30.1 Å². The van der Waals surface area contributed by atoms with Crippen molar-refractivity contribution in [3.8, 4) is 0 Å². The molecular weight excluding hydrogens is 460 g/mol. The average Bonchev–Trinajstić information content (AvgIpc) is 3.47. The first-order chi connectivity index (χ1) is 15.6. The molecule has 0 aliphatic heterocycles. The monoisotopic (exact) mass is 484 g/mol. The van der Waals surface area contributed by atoms with E-state index < -0.39 is 0 Å². The van der Waals surface area contributed by atoms with Gasteiger partial charge in [-0.3, -0.25) is 9.69 Å². The summed E-state index contributed by atoms with van der Waals surface area (Å²) in [4.78, 5) is 25.1. The number of anilines is 1. The zero-order chi connectivity index (χ0) is 22.3. The van der Waals surface area contributed by atoms with E-state index in [9.17, 15) is 4.79 Å². The van der Waals surface area contributed by atoms with Crippen molar-refractivity contribution in [2.75, 3.05) is 17.2 Å². The number of nitrogens with zero attached hydrogens (tertiary/aromatic N) is 4. The Morgan fingerprint density at radius 2 is 2.06 bits per heavy atom. The van der Waals surface area contributed by atoms with Crippen LogP contribution in [0.15, 0.2) is 66.1 Å². The van der Waals surface area contributed by atoms with Crippen LogP contribution in [0.2, 0.25) is 5.02 Å². The minimum Gasteiger partial charge on any atom is -0.337 e. The Labute approximate surface area is 201 Å². The number of rotatable bonds is 10. The molecule has 0 unspecified atom stereocenters. The quantitative estimate of drug-likeness (QED) is 0.247. The van der Waals surface area contributed by atoms with E-state index in [4.69, 9.17) is 16.6 Å². The van der Waals surface area contributed by atoms with Gasteiger partial charge in [0.1, 0.15) is 0 Å². The summed E-state index contributed by atoms with van der Waals surface area (Å²) in [6.07, 6.45) is 7.79. The molecule has 0 spiro atoms. The Bertz CT molecular complexity index is 1160. The fourth-order valence-corrected chi connectivity index (χ4v) is 5.41. The van der Waals surface area contributed by atoms with Gasteiger partial charge in [0.2, 0.25) is 5.91 Å². The summed E-state index contributed by atoms with van der Waals surface area (Å²) >= 11 is 9.22. The molecule has 5 nitrogen and oxygen atoms in total. The second-order valence-corrected chi connectivity index (χ2v) is 10.0. The first-order valence-corrected chi connectivity index (χ1v) is 12.8. The molecule has 0 bridgehead atoms. The van der Waals surface area contributed by atoms with E-state index in [0.717, 1.165) is 44.7 Å². The molecule has 2 heterocycles. The predicted octanol–water partition coefficient (Wildman–Crippen LogP) is 6.31. The zero-order valence-electron chi connectivity index (χ0n) is 17.9. The third-order valence-electron chi connectivity index (χ3n) is 5.14.